The Balaban J connectivity index is 1.55. The van der Waals surface area contributed by atoms with Crippen LogP contribution in [0.25, 0.3) is 10.8 Å². The third-order valence-electron chi connectivity index (χ3n) is 4.48. The van der Waals surface area contributed by atoms with Gasteiger partial charge in [-0.05, 0) is 22.9 Å². The molecule has 0 bridgehead atoms. The summed E-state index contributed by atoms with van der Waals surface area (Å²) in [7, 11) is 1.71. The highest BCUT2D eigenvalue weighted by Gasteiger charge is 2.15. The standard InChI is InChI=1S/C21H21NO3/c1-23-19-10-9-15-5-2-3-7-17(15)18(19)14-22-13-16-6-4-8-20-21(16)25-12-11-24-20/h2-10,22H,11-14H2,1H3. The lowest BCUT2D eigenvalue weighted by Gasteiger charge is -2.21. The van der Waals surface area contributed by atoms with E-state index in [-0.39, 0.29) is 0 Å². The minimum absolute atomic E-state index is 0.598. The highest BCUT2D eigenvalue weighted by atomic mass is 16.6. The molecule has 4 nitrogen and oxygen atoms in total. The maximum Gasteiger partial charge on any atom is 0.165 e. The Morgan fingerprint density at radius 1 is 0.920 bits per heavy atom. The summed E-state index contributed by atoms with van der Waals surface area (Å²) in [6.07, 6.45) is 0. The fourth-order valence-electron chi connectivity index (χ4n) is 3.29. The summed E-state index contributed by atoms with van der Waals surface area (Å²) in [5.74, 6) is 2.58. The Kier molecular flexibility index (Phi) is 4.44. The van der Waals surface area contributed by atoms with Crippen LogP contribution in [0, 0.1) is 0 Å². The van der Waals surface area contributed by atoms with Crippen LogP contribution in [0.4, 0.5) is 0 Å². The molecule has 1 aliphatic heterocycles. The molecular weight excluding hydrogens is 314 g/mol. The molecule has 128 valence electrons. The summed E-state index contributed by atoms with van der Waals surface area (Å²) in [5, 5.41) is 5.95. The maximum atomic E-state index is 5.78. The van der Waals surface area contributed by atoms with Gasteiger partial charge in [-0.2, -0.15) is 0 Å². The average molecular weight is 335 g/mol. The fraction of sp³-hybridized carbons (Fsp3) is 0.238. The van der Waals surface area contributed by atoms with Crippen LogP contribution < -0.4 is 19.5 Å². The molecule has 0 saturated heterocycles. The van der Waals surface area contributed by atoms with E-state index in [0.717, 1.165) is 29.4 Å². The second-order valence-corrected chi connectivity index (χ2v) is 6.01. The Bertz CT molecular complexity index is 891. The first-order chi connectivity index (χ1) is 12.4. The minimum Gasteiger partial charge on any atom is -0.496 e. The van der Waals surface area contributed by atoms with Crippen molar-refractivity contribution in [2.24, 2.45) is 0 Å². The van der Waals surface area contributed by atoms with E-state index < -0.39 is 0 Å². The van der Waals surface area contributed by atoms with Crippen molar-refractivity contribution in [2.75, 3.05) is 20.3 Å². The maximum absolute atomic E-state index is 5.78. The molecule has 1 N–H and O–H groups in total. The van der Waals surface area contributed by atoms with E-state index in [9.17, 15) is 0 Å². The monoisotopic (exact) mass is 335 g/mol. The molecule has 0 spiro atoms. The van der Waals surface area contributed by atoms with Crippen molar-refractivity contribution in [3.05, 3.63) is 65.7 Å². The van der Waals surface area contributed by atoms with Gasteiger partial charge in [0.05, 0.1) is 7.11 Å². The molecule has 3 aromatic rings. The number of methoxy groups -OCH3 is 1. The first-order valence-corrected chi connectivity index (χ1v) is 8.49. The minimum atomic E-state index is 0.598. The SMILES string of the molecule is COc1ccc2ccccc2c1CNCc1cccc2c1OCCO2. The molecule has 1 aliphatic rings. The summed E-state index contributed by atoms with van der Waals surface area (Å²) >= 11 is 0. The summed E-state index contributed by atoms with van der Waals surface area (Å²) in [4.78, 5) is 0. The number of fused-ring (bicyclic) bond motifs is 2. The Labute approximate surface area is 147 Å². The molecule has 4 rings (SSSR count). The van der Waals surface area contributed by atoms with Crippen molar-refractivity contribution in [3.8, 4) is 17.2 Å². The van der Waals surface area contributed by atoms with Crippen LogP contribution in [0.1, 0.15) is 11.1 Å². The zero-order valence-electron chi connectivity index (χ0n) is 14.2. The molecular formula is C21H21NO3. The molecule has 0 fully saturated rings. The number of ether oxygens (including phenoxy) is 3. The van der Waals surface area contributed by atoms with Crippen LogP contribution in [-0.2, 0) is 13.1 Å². The zero-order chi connectivity index (χ0) is 17.1. The molecule has 0 amide bonds. The largest absolute Gasteiger partial charge is 0.496 e. The van der Waals surface area contributed by atoms with Gasteiger partial charge in [0.15, 0.2) is 11.5 Å². The van der Waals surface area contributed by atoms with Crippen molar-refractivity contribution in [1.82, 2.24) is 5.32 Å². The van der Waals surface area contributed by atoms with E-state index >= 15 is 0 Å². The molecule has 0 unspecified atom stereocenters. The van der Waals surface area contributed by atoms with Gasteiger partial charge in [-0.25, -0.2) is 0 Å². The third kappa shape index (κ3) is 3.13. The van der Waals surface area contributed by atoms with Crippen LogP contribution in [-0.4, -0.2) is 20.3 Å². The number of hydrogen-bond donors (Lipinski definition) is 1. The number of rotatable bonds is 5. The lowest BCUT2D eigenvalue weighted by molar-refractivity contribution is 0.169. The molecule has 4 heteroatoms. The van der Waals surface area contributed by atoms with Crippen molar-refractivity contribution in [2.45, 2.75) is 13.1 Å². The van der Waals surface area contributed by atoms with Crippen LogP contribution >= 0.6 is 0 Å². The molecule has 0 radical (unpaired) electrons. The smallest absolute Gasteiger partial charge is 0.165 e. The quantitative estimate of drug-likeness (QED) is 0.767. The Morgan fingerprint density at radius 3 is 2.72 bits per heavy atom. The van der Waals surface area contributed by atoms with Crippen molar-refractivity contribution in [3.63, 3.8) is 0 Å². The third-order valence-corrected chi connectivity index (χ3v) is 4.48. The molecule has 25 heavy (non-hydrogen) atoms. The van der Waals surface area contributed by atoms with Crippen LogP contribution in [0.5, 0.6) is 17.2 Å². The first kappa shape index (κ1) is 15.8. The summed E-state index contributed by atoms with van der Waals surface area (Å²) in [6.45, 7) is 2.63. The predicted octanol–water partition coefficient (Wildman–Crippen LogP) is 3.91. The second kappa shape index (κ2) is 7.03. The Morgan fingerprint density at radius 2 is 1.80 bits per heavy atom. The molecule has 0 saturated carbocycles. The Hall–Kier alpha value is -2.72. The average Bonchev–Trinajstić information content (AvgIpc) is 2.68. The van der Waals surface area contributed by atoms with E-state index in [2.05, 4.69) is 41.7 Å². The first-order valence-electron chi connectivity index (χ1n) is 8.49. The van der Waals surface area contributed by atoms with Crippen molar-refractivity contribution in [1.29, 1.82) is 0 Å². The van der Waals surface area contributed by atoms with Crippen LogP contribution in [0.15, 0.2) is 54.6 Å². The lowest BCUT2D eigenvalue weighted by atomic mass is 10.0. The predicted molar refractivity (Wildman–Crippen MR) is 98.5 cm³/mol. The molecule has 3 aromatic carbocycles. The zero-order valence-corrected chi connectivity index (χ0v) is 14.2. The van der Waals surface area contributed by atoms with Crippen molar-refractivity contribution < 1.29 is 14.2 Å². The molecule has 0 atom stereocenters. The van der Waals surface area contributed by atoms with Crippen molar-refractivity contribution >= 4 is 10.8 Å². The topological polar surface area (TPSA) is 39.7 Å². The number of nitrogens with one attached hydrogen (secondary N) is 1. The highest BCUT2D eigenvalue weighted by Crippen LogP contribution is 2.34. The van der Waals surface area contributed by atoms with E-state index in [0.29, 0.717) is 19.8 Å². The number of hydrogen-bond acceptors (Lipinski definition) is 4. The van der Waals surface area contributed by atoms with Crippen LogP contribution in [0.2, 0.25) is 0 Å². The van der Waals surface area contributed by atoms with Gasteiger partial charge < -0.3 is 19.5 Å². The van der Waals surface area contributed by atoms with E-state index in [4.69, 9.17) is 14.2 Å². The summed E-state index contributed by atoms with van der Waals surface area (Å²) in [5.41, 5.74) is 2.28. The normalized spacial score (nSPS) is 13.0. The van der Waals surface area contributed by atoms with E-state index in [1.165, 1.54) is 16.3 Å². The van der Waals surface area contributed by atoms with Gasteiger partial charge in [-0.3, -0.25) is 0 Å². The van der Waals surface area contributed by atoms with E-state index in [1.807, 2.05) is 18.2 Å². The van der Waals surface area contributed by atoms with E-state index in [1.54, 1.807) is 7.11 Å². The number of para-hydroxylation sites is 1. The van der Waals surface area contributed by atoms with Gasteiger partial charge in [-0.15, -0.1) is 0 Å². The molecule has 1 heterocycles. The van der Waals surface area contributed by atoms with Crippen LogP contribution in [0.3, 0.4) is 0 Å². The molecule has 0 aliphatic carbocycles. The van der Waals surface area contributed by atoms with Gasteiger partial charge in [-0.1, -0.05) is 42.5 Å². The summed E-state index contributed by atoms with van der Waals surface area (Å²) < 4.78 is 17.0. The number of benzene rings is 3. The second-order valence-electron chi connectivity index (χ2n) is 6.01. The van der Waals surface area contributed by atoms with Gasteiger partial charge in [0, 0.05) is 24.2 Å². The lowest BCUT2D eigenvalue weighted by Crippen LogP contribution is -2.19. The van der Waals surface area contributed by atoms with Gasteiger partial charge in [0.2, 0.25) is 0 Å². The summed E-state index contributed by atoms with van der Waals surface area (Å²) in [6, 6.07) is 18.5. The fourth-order valence-corrected chi connectivity index (χ4v) is 3.29. The van der Waals surface area contributed by atoms with Gasteiger partial charge in [0.1, 0.15) is 19.0 Å². The van der Waals surface area contributed by atoms with Gasteiger partial charge >= 0.3 is 0 Å². The van der Waals surface area contributed by atoms with Gasteiger partial charge in [0.25, 0.3) is 0 Å². The highest BCUT2D eigenvalue weighted by molar-refractivity contribution is 5.87. The molecule has 0 aromatic heterocycles.